The van der Waals surface area contributed by atoms with Crippen LogP contribution in [0.3, 0.4) is 0 Å². The molecule has 1 aliphatic rings. The van der Waals surface area contributed by atoms with E-state index in [1.165, 1.54) is 0 Å². The quantitative estimate of drug-likeness (QED) is 0.687. The molecule has 5 heteroatoms. The average molecular weight is 242 g/mol. The molecule has 98 valence electrons. The third-order valence-electron chi connectivity index (χ3n) is 3.21. The Labute approximate surface area is 102 Å². The largest absolute Gasteiger partial charge is 0.480 e. The lowest BCUT2D eigenvalue weighted by Crippen LogP contribution is -2.48. The minimum absolute atomic E-state index is 0.195. The van der Waals surface area contributed by atoms with Crippen LogP contribution < -0.4 is 10.6 Å². The van der Waals surface area contributed by atoms with E-state index in [1.54, 1.807) is 0 Å². The van der Waals surface area contributed by atoms with Gasteiger partial charge in [0.2, 0.25) is 0 Å². The molecule has 0 spiro atoms. The topological polar surface area (TPSA) is 78.4 Å². The number of urea groups is 1. The zero-order valence-corrected chi connectivity index (χ0v) is 10.5. The van der Waals surface area contributed by atoms with Gasteiger partial charge in [-0.1, -0.05) is 20.3 Å². The Morgan fingerprint density at radius 1 is 1.41 bits per heavy atom. The summed E-state index contributed by atoms with van der Waals surface area (Å²) in [4.78, 5) is 22.5. The van der Waals surface area contributed by atoms with Crippen LogP contribution in [0, 0.1) is 5.92 Å². The first kappa shape index (κ1) is 13.8. The highest BCUT2D eigenvalue weighted by Crippen LogP contribution is 2.24. The fourth-order valence-corrected chi connectivity index (χ4v) is 2.27. The molecule has 0 heterocycles. The van der Waals surface area contributed by atoms with Gasteiger partial charge < -0.3 is 15.7 Å². The Bertz CT molecular complexity index is 281. The van der Waals surface area contributed by atoms with E-state index in [0.717, 1.165) is 25.7 Å². The normalized spacial score (nSPS) is 25.3. The smallest absolute Gasteiger partial charge is 0.326 e. The van der Waals surface area contributed by atoms with Crippen molar-refractivity contribution in [2.45, 2.75) is 58.0 Å². The van der Waals surface area contributed by atoms with Crippen LogP contribution in [-0.4, -0.2) is 29.2 Å². The van der Waals surface area contributed by atoms with Crippen molar-refractivity contribution >= 4 is 12.0 Å². The predicted octanol–water partition coefficient (Wildman–Crippen LogP) is 1.73. The van der Waals surface area contributed by atoms with E-state index in [2.05, 4.69) is 17.6 Å². The molecule has 0 aliphatic heterocycles. The van der Waals surface area contributed by atoms with Crippen molar-refractivity contribution in [2.75, 3.05) is 0 Å². The number of carbonyl (C=O) groups excluding carboxylic acids is 1. The van der Waals surface area contributed by atoms with Crippen LogP contribution in [0.25, 0.3) is 0 Å². The third kappa shape index (κ3) is 4.63. The van der Waals surface area contributed by atoms with Crippen molar-refractivity contribution in [1.29, 1.82) is 0 Å². The van der Waals surface area contributed by atoms with Crippen LogP contribution in [0.2, 0.25) is 0 Å². The summed E-state index contributed by atoms with van der Waals surface area (Å²) in [7, 11) is 0. The van der Waals surface area contributed by atoms with Gasteiger partial charge in [-0.25, -0.2) is 9.59 Å². The highest BCUT2D eigenvalue weighted by Gasteiger charge is 2.24. The molecule has 0 saturated heterocycles. The number of carboxylic acid groups (broad SMARTS) is 1. The Morgan fingerprint density at radius 2 is 2.12 bits per heavy atom. The van der Waals surface area contributed by atoms with Crippen molar-refractivity contribution in [2.24, 2.45) is 5.92 Å². The lowest BCUT2D eigenvalue weighted by Gasteiger charge is -2.17. The fourth-order valence-electron chi connectivity index (χ4n) is 2.27. The van der Waals surface area contributed by atoms with Gasteiger partial charge in [-0.2, -0.15) is 0 Å². The first-order chi connectivity index (χ1) is 8.02. The molecular weight excluding hydrogens is 220 g/mol. The summed E-state index contributed by atoms with van der Waals surface area (Å²) in [5.41, 5.74) is 0. The SMILES string of the molecule is CCC[C@H](NC(=O)NC1CCC(C)C1)C(=O)O. The summed E-state index contributed by atoms with van der Waals surface area (Å²) in [5, 5.41) is 14.3. The number of hydrogen-bond acceptors (Lipinski definition) is 2. The Balaban J connectivity index is 2.34. The van der Waals surface area contributed by atoms with Gasteiger partial charge in [0.25, 0.3) is 0 Å². The highest BCUT2D eigenvalue weighted by atomic mass is 16.4. The van der Waals surface area contributed by atoms with Gasteiger partial charge in [0.15, 0.2) is 0 Å². The number of hydrogen-bond donors (Lipinski definition) is 3. The first-order valence-electron chi connectivity index (χ1n) is 6.32. The monoisotopic (exact) mass is 242 g/mol. The number of carboxylic acids is 1. The maximum atomic E-state index is 11.6. The predicted molar refractivity (Wildman–Crippen MR) is 64.8 cm³/mol. The molecule has 0 bridgehead atoms. The second-order valence-electron chi connectivity index (χ2n) is 4.91. The fraction of sp³-hybridized carbons (Fsp3) is 0.833. The van der Waals surface area contributed by atoms with Gasteiger partial charge in [-0.3, -0.25) is 0 Å². The second kappa shape index (κ2) is 6.47. The zero-order chi connectivity index (χ0) is 12.8. The number of carbonyl (C=O) groups is 2. The van der Waals surface area contributed by atoms with E-state index in [1.807, 2.05) is 6.92 Å². The van der Waals surface area contributed by atoms with Crippen molar-refractivity contribution in [3.8, 4) is 0 Å². The van der Waals surface area contributed by atoms with Crippen LogP contribution in [0.1, 0.15) is 46.0 Å². The van der Waals surface area contributed by atoms with E-state index in [4.69, 9.17) is 5.11 Å². The zero-order valence-electron chi connectivity index (χ0n) is 10.5. The van der Waals surface area contributed by atoms with Crippen LogP contribution in [0.5, 0.6) is 0 Å². The van der Waals surface area contributed by atoms with Crippen LogP contribution in [-0.2, 0) is 4.79 Å². The summed E-state index contributed by atoms with van der Waals surface area (Å²) in [6.45, 7) is 4.06. The van der Waals surface area contributed by atoms with Gasteiger partial charge in [-0.05, 0) is 31.6 Å². The molecule has 1 aliphatic carbocycles. The Hall–Kier alpha value is -1.26. The third-order valence-corrected chi connectivity index (χ3v) is 3.21. The van der Waals surface area contributed by atoms with Crippen LogP contribution in [0.15, 0.2) is 0 Å². The number of amides is 2. The minimum Gasteiger partial charge on any atom is -0.480 e. The lowest BCUT2D eigenvalue weighted by molar-refractivity contribution is -0.139. The van der Waals surface area contributed by atoms with Crippen molar-refractivity contribution in [3.63, 3.8) is 0 Å². The van der Waals surface area contributed by atoms with Gasteiger partial charge in [0.05, 0.1) is 0 Å². The second-order valence-corrected chi connectivity index (χ2v) is 4.91. The molecule has 0 aromatic heterocycles. The number of aliphatic carboxylic acids is 1. The van der Waals surface area contributed by atoms with Gasteiger partial charge in [0, 0.05) is 6.04 Å². The molecule has 1 rings (SSSR count). The highest BCUT2D eigenvalue weighted by molar-refractivity contribution is 5.82. The summed E-state index contributed by atoms with van der Waals surface area (Å²) in [5.74, 6) is -0.326. The van der Waals surface area contributed by atoms with E-state index in [-0.39, 0.29) is 12.1 Å². The molecule has 0 radical (unpaired) electrons. The standard InChI is InChI=1S/C12H22N2O3/c1-3-4-10(11(15)16)14-12(17)13-9-6-5-8(2)7-9/h8-10H,3-7H2,1-2H3,(H,15,16)(H2,13,14,17)/t8?,9?,10-/m0/s1. The maximum Gasteiger partial charge on any atom is 0.326 e. The van der Waals surface area contributed by atoms with Crippen molar-refractivity contribution in [3.05, 3.63) is 0 Å². The van der Waals surface area contributed by atoms with Crippen molar-refractivity contribution < 1.29 is 14.7 Å². The molecule has 1 saturated carbocycles. The molecule has 0 aromatic carbocycles. The molecule has 3 atom stereocenters. The average Bonchev–Trinajstić information content (AvgIpc) is 2.63. The Kier molecular flexibility index (Phi) is 5.25. The van der Waals surface area contributed by atoms with E-state index < -0.39 is 12.0 Å². The van der Waals surface area contributed by atoms with Gasteiger partial charge in [0.1, 0.15) is 6.04 Å². The molecule has 5 nitrogen and oxygen atoms in total. The molecule has 2 unspecified atom stereocenters. The van der Waals surface area contributed by atoms with E-state index >= 15 is 0 Å². The van der Waals surface area contributed by atoms with Crippen LogP contribution >= 0.6 is 0 Å². The first-order valence-corrected chi connectivity index (χ1v) is 6.32. The maximum absolute atomic E-state index is 11.6. The van der Waals surface area contributed by atoms with Crippen LogP contribution in [0.4, 0.5) is 4.79 Å². The minimum atomic E-state index is -0.971. The van der Waals surface area contributed by atoms with Gasteiger partial charge >= 0.3 is 12.0 Å². The molecule has 0 aromatic rings. The lowest BCUT2D eigenvalue weighted by atomic mass is 10.1. The van der Waals surface area contributed by atoms with E-state index in [9.17, 15) is 9.59 Å². The summed E-state index contributed by atoms with van der Waals surface area (Å²) < 4.78 is 0. The van der Waals surface area contributed by atoms with Gasteiger partial charge in [-0.15, -0.1) is 0 Å². The molecule has 3 N–H and O–H groups in total. The number of nitrogens with one attached hydrogen (secondary N) is 2. The Morgan fingerprint density at radius 3 is 2.59 bits per heavy atom. The molecule has 2 amide bonds. The molecular formula is C12H22N2O3. The van der Waals surface area contributed by atoms with E-state index in [0.29, 0.717) is 12.3 Å². The summed E-state index contributed by atoms with van der Waals surface area (Å²) >= 11 is 0. The number of rotatable bonds is 5. The summed E-state index contributed by atoms with van der Waals surface area (Å²) in [6, 6.07) is -0.940. The summed E-state index contributed by atoms with van der Waals surface area (Å²) in [6.07, 6.45) is 4.29. The molecule has 17 heavy (non-hydrogen) atoms. The molecule has 1 fully saturated rings. The van der Waals surface area contributed by atoms with Crippen molar-refractivity contribution in [1.82, 2.24) is 10.6 Å².